The second kappa shape index (κ2) is 25.4. The molecule has 0 radical (unpaired) electrons. The van der Waals surface area contributed by atoms with Crippen LogP contribution in [-0.2, 0) is 26.2 Å². The van der Waals surface area contributed by atoms with Gasteiger partial charge in [0.2, 0.25) is 0 Å². The summed E-state index contributed by atoms with van der Waals surface area (Å²) in [5.41, 5.74) is 19.8. The third-order valence-electron chi connectivity index (χ3n) is 17.5. The van der Waals surface area contributed by atoms with Crippen LogP contribution in [0.25, 0.3) is 135 Å². The van der Waals surface area contributed by atoms with Gasteiger partial charge in [-0.3, -0.25) is 0 Å². The lowest BCUT2D eigenvalue weighted by atomic mass is 9.93. The van der Waals surface area contributed by atoms with Crippen LogP contribution in [0.5, 0.6) is 11.5 Å². The van der Waals surface area contributed by atoms with Gasteiger partial charge in [-0.2, -0.15) is 0 Å². The number of pyridine rings is 2. The van der Waals surface area contributed by atoms with Crippen LogP contribution in [0.4, 0.5) is 0 Å². The summed E-state index contributed by atoms with van der Waals surface area (Å²) in [5.74, 6) is 6.64. The van der Waals surface area contributed by atoms with Gasteiger partial charge in [-0.15, -0.1) is 0 Å². The molecule has 0 spiro atoms. The van der Waals surface area contributed by atoms with Crippen molar-refractivity contribution in [3.63, 3.8) is 0 Å². The molecule has 454 valence electrons. The summed E-state index contributed by atoms with van der Waals surface area (Å²) in [6.07, 6.45) is 3.99. The molecule has 0 saturated carbocycles. The standard InChI is InChI=1S/C78H80N10O2/c1-49(2)35-39-85-69-31-27-55(53-19-13-11-14-20-53)43-65(69)81-75(85)61-23-17-25-63(79-61)77-83-67-45-57(29-33-71(67)87(77)41-37-51(5)6)59-47-73(89-9)74(90-10)48-60(59)58-30-34-72-68(46-58)84-78(88(72)42-38-52(7)8)64-26-18-24-62(80-64)76-82-66-44-56(54-21-15-12-16-22-54)28-32-70(66)86(76)40-36-50(3)4/h11-34,43-52H,35-42H2,1-10H3. The summed E-state index contributed by atoms with van der Waals surface area (Å²) < 4.78 is 21.5. The van der Waals surface area contributed by atoms with Crippen molar-refractivity contribution in [2.45, 2.75) is 107 Å². The smallest absolute Gasteiger partial charge is 0.161 e. The van der Waals surface area contributed by atoms with Crippen molar-refractivity contribution in [1.29, 1.82) is 0 Å². The Hall–Kier alpha value is -9.68. The van der Waals surface area contributed by atoms with Crippen molar-refractivity contribution in [3.8, 4) is 102 Å². The average molecular weight is 1190 g/mol. The number of hydrogen-bond acceptors (Lipinski definition) is 8. The molecule has 90 heavy (non-hydrogen) atoms. The van der Waals surface area contributed by atoms with E-state index in [4.69, 9.17) is 39.4 Å². The van der Waals surface area contributed by atoms with E-state index in [2.05, 4.69) is 256 Å². The number of rotatable bonds is 22. The molecule has 0 aliphatic heterocycles. The van der Waals surface area contributed by atoms with E-state index >= 15 is 0 Å². The van der Waals surface area contributed by atoms with Crippen LogP contribution in [0.3, 0.4) is 0 Å². The minimum absolute atomic E-state index is 0.478. The molecule has 0 N–H and O–H groups in total. The van der Waals surface area contributed by atoms with E-state index in [9.17, 15) is 0 Å². The first-order valence-corrected chi connectivity index (χ1v) is 32.1. The van der Waals surface area contributed by atoms with Crippen molar-refractivity contribution < 1.29 is 9.47 Å². The van der Waals surface area contributed by atoms with Crippen LogP contribution in [0.1, 0.15) is 81.1 Å². The van der Waals surface area contributed by atoms with Gasteiger partial charge in [0.25, 0.3) is 0 Å². The van der Waals surface area contributed by atoms with E-state index in [1.807, 2.05) is 0 Å². The molecule has 0 bridgehead atoms. The fourth-order valence-corrected chi connectivity index (χ4v) is 12.4. The van der Waals surface area contributed by atoms with E-state index < -0.39 is 0 Å². The molecule has 12 heteroatoms. The fourth-order valence-electron chi connectivity index (χ4n) is 12.4. The zero-order valence-corrected chi connectivity index (χ0v) is 53.6. The molecule has 13 rings (SSSR count). The Morgan fingerprint density at radius 1 is 0.289 bits per heavy atom. The first-order chi connectivity index (χ1) is 43.8. The van der Waals surface area contributed by atoms with Gasteiger partial charge in [-0.1, -0.05) is 152 Å². The molecule has 0 amide bonds. The SMILES string of the molecule is COc1cc(-c2ccc3c(c2)nc(-c2cccc(-c4nc5cc(-c6ccccc6)ccc5n4CCC(C)C)n2)n3CCC(C)C)c(-c2ccc3c(c2)nc(-c2cccc(-c4nc5cc(-c6ccccc6)ccc5n4CCC(C)C)n2)n3CCC(C)C)cc1OC. The normalized spacial score (nSPS) is 12.0. The summed E-state index contributed by atoms with van der Waals surface area (Å²) >= 11 is 0. The predicted molar refractivity (Wildman–Crippen MR) is 370 cm³/mol. The topological polar surface area (TPSA) is 116 Å². The number of imidazole rings is 4. The van der Waals surface area contributed by atoms with Crippen LogP contribution in [-0.4, -0.2) is 62.4 Å². The molecule has 13 aromatic rings. The van der Waals surface area contributed by atoms with E-state index in [0.717, 1.165) is 175 Å². The highest BCUT2D eigenvalue weighted by Crippen LogP contribution is 2.44. The lowest BCUT2D eigenvalue weighted by Gasteiger charge is -2.16. The highest BCUT2D eigenvalue weighted by molar-refractivity contribution is 5.95. The molecule has 0 aliphatic rings. The first-order valence-electron chi connectivity index (χ1n) is 32.1. The van der Waals surface area contributed by atoms with E-state index in [-0.39, 0.29) is 0 Å². The van der Waals surface area contributed by atoms with Crippen molar-refractivity contribution in [2.24, 2.45) is 23.7 Å². The van der Waals surface area contributed by atoms with Crippen LogP contribution in [0.15, 0.2) is 182 Å². The Morgan fingerprint density at radius 2 is 0.567 bits per heavy atom. The van der Waals surface area contributed by atoms with Crippen LogP contribution < -0.4 is 9.47 Å². The van der Waals surface area contributed by atoms with Crippen LogP contribution in [0.2, 0.25) is 0 Å². The molecule has 0 unspecified atom stereocenters. The second-order valence-corrected chi connectivity index (χ2v) is 25.7. The highest BCUT2D eigenvalue weighted by atomic mass is 16.5. The molecular weight excluding hydrogens is 1110 g/mol. The van der Waals surface area contributed by atoms with Gasteiger partial charge >= 0.3 is 0 Å². The van der Waals surface area contributed by atoms with Gasteiger partial charge in [0.15, 0.2) is 34.8 Å². The summed E-state index contributed by atoms with van der Waals surface area (Å²) in [6, 6.07) is 64.3. The monoisotopic (exact) mass is 1190 g/mol. The fraction of sp³-hybridized carbons (Fsp3) is 0.282. The van der Waals surface area contributed by atoms with Crippen molar-refractivity contribution in [2.75, 3.05) is 14.2 Å². The molecule has 0 atom stereocenters. The van der Waals surface area contributed by atoms with E-state index in [0.29, 0.717) is 35.2 Å². The van der Waals surface area contributed by atoms with Crippen molar-refractivity contribution >= 4 is 44.1 Å². The zero-order chi connectivity index (χ0) is 62.2. The van der Waals surface area contributed by atoms with Gasteiger partial charge < -0.3 is 27.7 Å². The minimum Gasteiger partial charge on any atom is -0.493 e. The summed E-state index contributed by atoms with van der Waals surface area (Å²) in [4.78, 5) is 32.6. The number of aryl methyl sites for hydroxylation is 4. The molecule has 6 heterocycles. The van der Waals surface area contributed by atoms with Gasteiger partial charge in [-0.05, 0) is 179 Å². The average Bonchev–Trinajstić information content (AvgIpc) is 1.57. The molecule has 0 aliphatic carbocycles. The number of fused-ring (bicyclic) bond motifs is 4. The molecule has 7 aromatic carbocycles. The maximum atomic E-state index is 6.05. The van der Waals surface area contributed by atoms with Crippen LogP contribution in [0, 0.1) is 23.7 Å². The molecule has 12 nitrogen and oxygen atoms in total. The Balaban J connectivity index is 0.894. The van der Waals surface area contributed by atoms with Crippen molar-refractivity contribution in [1.82, 2.24) is 48.2 Å². The summed E-state index contributed by atoms with van der Waals surface area (Å²) in [5, 5.41) is 0. The van der Waals surface area contributed by atoms with Crippen molar-refractivity contribution in [3.05, 3.63) is 182 Å². The predicted octanol–water partition coefficient (Wildman–Crippen LogP) is 19.4. The van der Waals surface area contributed by atoms with Gasteiger partial charge in [0.05, 0.1) is 58.4 Å². The minimum atomic E-state index is 0.478. The van der Waals surface area contributed by atoms with E-state index in [1.54, 1.807) is 14.2 Å². The molecular formula is C78H80N10O2. The zero-order valence-electron chi connectivity index (χ0n) is 53.6. The number of benzene rings is 7. The molecule has 6 aromatic heterocycles. The third-order valence-corrected chi connectivity index (χ3v) is 17.5. The lowest BCUT2D eigenvalue weighted by molar-refractivity contribution is 0.355. The van der Waals surface area contributed by atoms with Gasteiger partial charge in [0, 0.05) is 26.2 Å². The molecule has 0 fully saturated rings. The van der Waals surface area contributed by atoms with Gasteiger partial charge in [-0.25, -0.2) is 29.9 Å². The third kappa shape index (κ3) is 11.9. The number of nitrogens with zero attached hydrogens (tertiary/aromatic N) is 10. The second-order valence-electron chi connectivity index (χ2n) is 25.7. The Morgan fingerprint density at radius 3 is 0.844 bits per heavy atom. The largest absolute Gasteiger partial charge is 0.493 e. The highest BCUT2D eigenvalue weighted by Gasteiger charge is 2.24. The van der Waals surface area contributed by atoms with E-state index in [1.165, 1.54) is 11.1 Å². The number of methoxy groups -OCH3 is 2. The van der Waals surface area contributed by atoms with Crippen LogP contribution >= 0.6 is 0 Å². The maximum absolute atomic E-state index is 6.05. The number of hydrogen-bond donors (Lipinski definition) is 0. The number of aromatic nitrogens is 10. The number of ether oxygens (including phenoxy) is 2. The summed E-state index contributed by atoms with van der Waals surface area (Å²) in [6.45, 7) is 21.4. The Kier molecular flexibility index (Phi) is 16.8. The Bertz CT molecular complexity index is 4420. The van der Waals surface area contributed by atoms with Gasteiger partial charge in [0.1, 0.15) is 22.8 Å². The summed E-state index contributed by atoms with van der Waals surface area (Å²) in [7, 11) is 3.39. The lowest BCUT2D eigenvalue weighted by Crippen LogP contribution is -2.06. The quantitative estimate of drug-likeness (QED) is 0.0659. The first kappa shape index (κ1) is 59.3. The molecule has 0 saturated heterocycles. The Labute approximate surface area is 528 Å². The maximum Gasteiger partial charge on any atom is 0.161 e.